The van der Waals surface area contributed by atoms with Gasteiger partial charge in [0, 0.05) is 12.4 Å². The van der Waals surface area contributed by atoms with Gasteiger partial charge in [0.15, 0.2) is 0 Å². The van der Waals surface area contributed by atoms with E-state index in [2.05, 4.69) is 10.2 Å². The zero-order chi connectivity index (χ0) is 15.3. The Balaban J connectivity index is 2.99. The first-order valence-electron chi connectivity index (χ1n) is 6.49. The number of nitrogens with zero attached hydrogens (tertiary/aromatic N) is 1. The molecule has 0 aromatic heterocycles. The van der Waals surface area contributed by atoms with Crippen molar-refractivity contribution in [2.75, 3.05) is 32.4 Å². The summed E-state index contributed by atoms with van der Waals surface area (Å²) in [7, 11) is 5.58. The summed E-state index contributed by atoms with van der Waals surface area (Å²) in [6, 6.07) is 5.78. The second-order valence-electron chi connectivity index (χ2n) is 5.74. The topological polar surface area (TPSA) is 41.6 Å². The molecule has 0 heterocycles. The smallest absolute Gasteiger partial charge is 0.231 e. The third-order valence-electron chi connectivity index (χ3n) is 2.96. The van der Waals surface area contributed by atoms with Crippen molar-refractivity contribution in [3.05, 3.63) is 23.8 Å². The summed E-state index contributed by atoms with van der Waals surface area (Å²) in [6.07, 6.45) is 0. The van der Waals surface area contributed by atoms with Crippen molar-refractivity contribution in [2.24, 2.45) is 5.41 Å². The first kappa shape index (κ1) is 16.8. The Morgan fingerprint density at radius 1 is 1.40 bits per heavy atom. The van der Waals surface area contributed by atoms with E-state index >= 15 is 0 Å². The van der Waals surface area contributed by atoms with Gasteiger partial charge in [-0.25, -0.2) is 0 Å². The summed E-state index contributed by atoms with van der Waals surface area (Å²) in [5.74, 6) is 0.789. The third kappa shape index (κ3) is 4.39. The number of carbonyl (C=O) groups excluding carboxylic acids is 1. The minimum Gasteiger partial charge on any atom is -0.495 e. The number of hydrogen-bond acceptors (Lipinski definition) is 3. The highest BCUT2D eigenvalue weighted by Gasteiger charge is 2.27. The lowest BCUT2D eigenvalue weighted by molar-refractivity contribution is -0.122. The fourth-order valence-corrected chi connectivity index (χ4v) is 1.79. The third-order valence-corrected chi connectivity index (χ3v) is 3.63. The maximum atomic E-state index is 12.2. The van der Waals surface area contributed by atoms with Crippen molar-refractivity contribution >= 4 is 23.2 Å². The molecule has 0 atom stereocenters. The lowest BCUT2D eigenvalue weighted by Crippen LogP contribution is -2.32. The molecule has 4 nitrogen and oxygen atoms in total. The van der Waals surface area contributed by atoms with Gasteiger partial charge in [-0.2, -0.15) is 0 Å². The van der Waals surface area contributed by atoms with Crippen LogP contribution < -0.4 is 10.1 Å². The zero-order valence-electron chi connectivity index (χ0n) is 12.8. The number of carbonyl (C=O) groups is 1. The van der Waals surface area contributed by atoms with Crippen molar-refractivity contribution < 1.29 is 9.53 Å². The number of alkyl halides is 1. The van der Waals surface area contributed by atoms with Gasteiger partial charge < -0.3 is 15.0 Å². The Morgan fingerprint density at radius 2 is 2.05 bits per heavy atom. The Labute approximate surface area is 126 Å². The molecule has 0 saturated heterocycles. The molecule has 0 bridgehead atoms. The molecule has 1 aromatic rings. The van der Waals surface area contributed by atoms with E-state index in [-0.39, 0.29) is 11.8 Å². The minimum absolute atomic E-state index is 0.118. The molecule has 20 heavy (non-hydrogen) atoms. The van der Waals surface area contributed by atoms with Crippen LogP contribution in [0.5, 0.6) is 5.75 Å². The number of ether oxygens (including phenoxy) is 1. The Hall–Kier alpha value is -1.26. The van der Waals surface area contributed by atoms with Gasteiger partial charge in [-0.15, -0.1) is 11.6 Å². The fraction of sp³-hybridized carbons (Fsp3) is 0.533. The van der Waals surface area contributed by atoms with E-state index in [0.29, 0.717) is 11.4 Å². The van der Waals surface area contributed by atoms with Crippen LogP contribution in [-0.2, 0) is 11.3 Å². The molecule has 1 aromatic carbocycles. The number of halogens is 1. The molecule has 1 rings (SSSR count). The van der Waals surface area contributed by atoms with Gasteiger partial charge in [0.1, 0.15) is 5.75 Å². The van der Waals surface area contributed by atoms with E-state index in [1.54, 1.807) is 7.11 Å². The second kappa shape index (κ2) is 6.95. The summed E-state index contributed by atoms with van der Waals surface area (Å²) in [5, 5.41) is 2.90. The Morgan fingerprint density at radius 3 is 2.55 bits per heavy atom. The van der Waals surface area contributed by atoms with Crippen molar-refractivity contribution in [3.63, 3.8) is 0 Å². The molecule has 5 heteroatoms. The Kier molecular flexibility index (Phi) is 5.84. The monoisotopic (exact) mass is 298 g/mol. The summed E-state index contributed by atoms with van der Waals surface area (Å²) in [4.78, 5) is 14.3. The second-order valence-corrected chi connectivity index (χ2v) is 6.01. The van der Waals surface area contributed by atoms with Crippen LogP contribution in [0.2, 0.25) is 0 Å². The molecular formula is C15H23ClN2O2. The highest BCUT2D eigenvalue weighted by molar-refractivity contribution is 6.20. The summed E-state index contributed by atoms with van der Waals surface area (Å²) in [5.41, 5.74) is 1.16. The van der Waals surface area contributed by atoms with Gasteiger partial charge in [-0.05, 0) is 45.6 Å². The predicted octanol–water partition coefficient (Wildman–Crippen LogP) is 2.96. The van der Waals surface area contributed by atoms with Crippen LogP contribution in [0, 0.1) is 5.41 Å². The Bertz CT molecular complexity index is 473. The molecule has 0 aliphatic carbocycles. The molecular weight excluding hydrogens is 276 g/mol. The average Bonchev–Trinajstić information content (AvgIpc) is 2.38. The quantitative estimate of drug-likeness (QED) is 0.821. The molecule has 0 fully saturated rings. The van der Waals surface area contributed by atoms with Gasteiger partial charge in [0.25, 0.3) is 0 Å². The van der Waals surface area contributed by atoms with Crippen LogP contribution in [0.4, 0.5) is 5.69 Å². The molecule has 0 aliphatic rings. The van der Waals surface area contributed by atoms with Gasteiger partial charge >= 0.3 is 0 Å². The van der Waals surface area contributed by atoms with Crippen LogP contribution in [-0.4, -0.2) is 37.9 Å². The van der Waals surface area contributed by atoms with Crippen molar-refractivity contribution in [1.29, 1.82) is 0 Å². The SMILES string of the molecule is COc1ccc(CN(C)C)cc1NC(=O)C(C)(C)CCl. The van der Waals surface area contributed by atoms with Crippen molar-refractivity contribution in [3.8, 4) is 5.75 Å². The van der Waals surface area contributed by atoms with Gasteiger partial charge in [0.2, 0.25) is 5.91 Å². The number of anilines is 1. The summed E-state index contributed by atoms with van der Waals surface area (Å²) in [6.45, 7) is 4.42. The van der Waals surface area contributed by atoms with Crippen LogP contribution in [0.1, 0.15) is 19.4 Å². The van der Waals surface area contributed by atoms with E-state index in [9.17, 15) is 4.79 Å². The molecule has 0 saturated carbocycles. The lowest BCUT2D eigenvalue weighted by Gasteiger charge is -2.22. The van der Waals surface area contributed by atoms with E-state index < -0.39 is 5.41 Å². The largest absolute Gasteiger partial charge is 0.495 e. The number of methoxy groups -OCH3 is 1. The van der Waals surface area contributed by atoms with E-state index in [1.807, 2.05) is 46.1 Å². The van der Waals surface area contributed by atoms with E-state index in [1.165, 1.54) is 0 Å². The predicted molar refractivity (Wildman–Crippen MR) is 83.5 cm³/mol. The molecule has 1 amide bonds. The fourth-order valence-electron chi connectivity index (χ4n) is 1.67. The van der Waals surface area contributed by atoms with Crippen molar-refractivity contribution in [2.45, 2.75) is 20.4 Å². The standard InChI is InChI=1S/C15H23ClN2O2/c1-15(2,10-16)14(19)17-12-8-11(9-18(3)4)6-7-13(12)20-5/h6-8H,9-10H2,1-5H3,(H,17,19). The number of hydrogen-bond donors (Lipinski definition) is 1. The van der Waals surface area contributed by atoms with Crippen LogP contribution >= 0.6 is 11.6 Å². The number of amides is 1. The maximum absolute atomic E-state index is 12.2. The van der Waals surface area contributed by atoms with Crippen LogP contribution in [0.3, 0.4) is 0 Å². The molecule has 0 aliphatic heterocycles. The van der Waals surface area contributed by atoms with Crippen LogP contribution in [0.25, 0.3) is 0 Å². The zero-order valence-corrected chi connectivity index (χ0v) is 13.5. The average molecular weight is 299 g/mol. The molecule has 1 N–H and O–H groups in total. The number of rotatable bonds is 6. The van der Waals surface area contributed by atoms with Crippen LogP contribution in [0.15, 0.2) is 18.2 Å². The maximum Gasteiger partial charge on any atom is 0.231 e. The normalized spacial score (nSPS) is 11.6. The van der Waals surface area contributed by atoms with Gasteiger partial charge in [0.05, 0.1) is 18.2 Å². The van der Waals surface area contributed by atoms with E-state index in [0.717, 1.165) is 12.1 Å². The summed E-state index contributed by atoms with van der Waals surface area (Å²) >= 11 is 5.83. The lowest BCUT2D eigenvalue weighted by atomic mass is 9.95. The van der Waals surface area contributed by atoms with Gasteiger partial charge in [-0.1, -0.05) is 6.07 Å². The van der Waals surface area contributed by atoms with Crippen molar-refractivity contribution in [1.82, 2.24) is 4.90 Å². The highest BCUT2D eigenvalue weighted by atomic mass is 35.5. The van der Waals surface area contributed by atoms with Gasteiger partial charge in [-0.3, -0.25) is 4.79 Å². The highest BCUT2D eigenvalue weighted by Crippen LogP contribution is 2.28. The molecule has 0 spiro atoms. The minimum atomic E-state index is -0.621. The first-order valence-corrected chi connectivity index (χ1v) is 7.02. The molecule has 0 unspecified atom stereocenters. The molecule has 112 valence electrons. The summed E-state index contributed by atoms with van der Waals surface area (Å²) < 4.78 is 5.29. The van der Waals surface area contributed by atoms with E-state index in [4.69, 9.17) is 16.3 Å². The number of nitrogens with one attached hydrogen (secondary N) is 1. The molecule has 0 radical (unpaired) electrons. The first-order chi connectivity index (χ1) is 9.30. The number of benzene rings is 1.